The molecule has 0 heterocycles. The second-order valence-electron chi connectivity index (χ2n) is 9.31. The van der Waals surface area contributed by atoms with Gasteiger partial charge < -0.3 is 0 Å². The van der Waals surface area contributed by atoms with Crippen LogP contribution in [0.4, 0.5) is 0 Å². The Kier molecular flexibility index (Phi) is 4.22. The van der Waals surface area contributed by atoms with Gasteiger partial charge in [0.1, 0.15) is 0 Å². The first-order chi connectivity index (χ1) is 8.21. The van der Waals surface area contributed by atoms with E-state index in [1.807, 2.05) is 0 Å². The third kappa shape index (κ3) is 3.00. The monoisotopic (exact) mass is 294 g/mol. The van der Waals surface area contributed by atoms with E-state index >= 15 is 0 Å². The molecule has 0 amide bonds. The fourth-order valence-electron chi connectivity index (χ4n) is 2.35. The molecule has 0 aromatic heterocycles. The van der Waals surface area contributed by atoms with Gasteiger partial charge in [-0.05, 0) is 16.5 Å². The van der Waals surface area contributed by atoms with E-state index in [0.29, 0.717) is 10.1 Å². The van der Waals surface area contributed by atoms with Crippen LogP contribution in [0.2, 0.25) is 36.3 Å². The van der Waals surface area contributed by atoms with Crippen molar-refractivity contribution in [2.45, 2.75) is 84.2 Å². The molecule has 0 fully saturated rings. The van der Waals surface area contributed by atoms with E-state index in [2.05, 4.69) is 79.9 Å². The van der Waals surface area contributed by atoms with Gasteiger partial charge in [0.2, 0.25) is 0 Å². The quantitative estimate of drug-likeness (QED) is 0.521. The average molecular weight is 295 g/mol. The van der Waals surface area contributed by atoms with Crippen molar-refractivity contribution in [3.05, 3.63) is 22.5 Å². The van der Waals surface area contributed by atoms with Crippen LogP contribution in [0.1, 0.15) is 48.0 Å². The summed E-state index contributed by atoms with van der Waals surface area (Å²) < 4.78 is 0. The molecule has 0 saturated carbocycles. The van der Waals surface area contributed by atoms with Gasteiger partial charge >= 0.3 is 0 Å². The van der Waals surface area contributed by atoms with Crippen molar-refractivity contribution in [2.24, 2.45) is 0 Å². The zero-order valence-electron chi connectivity index (χ0n) is 14.9. The molecule has 110 valence electrons. The highest BCUT2D eigenvalue weighted by Gasteiger charge is 2.44. The summed E-state index contributed by atoms with van der Waals surface area (Å²) in [6.45, 7) is 24.7. The Bertz CT molecular complexity index is 370. The van der Waals surface area contributed by atoms with E-state index in [4.69, 9.17) is 0 Å². The molecule has 1 rings (SSSR count). The lowest BCUT2D eigenvalue weighted by atomic mass is 10.2. The Hall–Kier alpha value is -0.0862. The van der Waals surface area contributed by atoms with Crippen LogP contribution in [0, 0.1) is 0 Å². The van der Waals surface area contributed by atoms with Crippen LogP contribution in [0.3, 0.4) is 0 Å². The molecule has 0 aromatic rings. The van der Waals surface area contributed by atoms with Crippen LogP contribution >= 0.6 is 0 Å². The van der Waals surface area contributed by atoms with E-state index in [0.717, 1.165) is 0 Å². The molecule has 0 spiro atoms. The van der Waals surface area contributed by atoms with E-state index in [1.165, 1.54) is 6.42 Å². The first-order valence-electron chi connectivity index (χ1n) is 7.62. The second-order valence-corrected chi connectivity index (χ2v) is 20.1. The van der Waals surface area contributed by atoms with Crippen LogP contribution in [0.15, 0.2) is 22.5 Å². The topological polar surface area (TPSA) is 0 Å². The molecule has 0 bridgehead atoms. The van der Waals surface area contributed by atoms with Crippen LogP contribution in [-0.2, 0) is 0 Å². The third-order valence-electron chi connectivity index (χ3n) is 6.22. The molecule has 1 aliphatic carbocycles. The highest BCUT2D eigenvalue weighted by Crippen LogP contribution is 2.48. The smallest absolute Gasteiger partial charge is 0.0767 e. The SMILES string of the molecule is CC(C)(C)[Si](C)(C)C1=CC=C([Si](C)(C)C(C)(C)C)C1. The largest absolute Gasteiger partial charge is 0.0811 e. The lowest BCUT2D eigenvalue weighted by Gasteiger charge is -2.41. The summed E-state index contributed by atoms with van der Waals surface area (Å²) in [5.74, 6) is 0. The Morgan fingerprint density at radius 3 is 1.16 bits per heavy atom. The maximum atomic E-state index is 2.54. The molecule has 0 aliphatic heterocycles. The summed E-state index contributed by atoms with van der Waals surface area (Å²) in [5.41, 5.74) is 0. The number of rotatable bonds is 2. The van der Waals surface area contributed by atoms with Gasteiger partial charge in [0, 0.05) is 0 Å². The van der Waals surface area contributed by atoms with Crippen molar-refractivity contribution in [2.75, 3.05) is 0 Å². The van der Waals surface area contributed by atoms with Crippen molar-refractivity contribution in [1.29, 1.82) is 0 Å². The van der Waals surface area contributed by atoms with Gasteiger partial charge in [0.25, 0.3) is 0 Å². The zero-order valence-corrected chi connectivity index (χ0v) is 16.9. The van der Waals surface area contributed by atoms with Crippen molar-refractivity contribution in [3.63, 3.8) is 0 Å². The minimum atomic E-state index is -1.32. The average Bonchev–Trinajstić information content (AvgIpc) is 2.62. The van der Waals surface area contributed by atoms with E-state index in [9.17, 15) is 0 Å². The second kappa shape index (κ2) is 4.73. The van der Waals surface area contributed by atoms with Gasteiger partial charge in [-0.25, -0.2) is 0 Å². The molecule has 0 unspecified atom stereocenters. The van der Waals surface area contributed by atoms with Crippen molar-refractivity contribution in [1.82, 2.24) is 0 Å². The minimum Gasteiger partial charge on any atom is -0.0767 e. The van der Waals surface area contributed by atoms with Crippen molar-refractivity contribution >= 4 is 16.1 Å². The van der Waals surface area contributed by atoms with E-state index in [-0.39, 0.29) is 0 Å². The standard InChI is InChI=1S/C17H34Si2/c1-16(2,3)18(7,8)14-11-12-15(13-14)19(9,10)17(4,5)6/h11-12H,13H2,1-10H3. The molecule has 0 N–H and O–H groups in total. The van der Waals surface area contributed by atoms with E-state index in [1.54, 1.807) is 10.4 Å². The molecular weight excluding hydrogens is 260 g/mol. The Labute approximate surface area is 123 Å². The number of hydrogen-bond acceptors (Lipinski definition) is 0. The molecule has 2 heteroatoms. The highest BCUT2D eigenvalue weighted by atomic mass is 28.3. The van der Waals surface area contributed by atoms with Gasteiger partial charge in [-0.2, -0.15) is 0 Å². The fraction of sp³-hybridized carbons (Fsp3) is 0.765. The number of hydrogen-bond donors (Lipinski definition) is 0. The minimum absolute atomic E-state index is 0.454. The summed E-state index contributed by atoms with van der Waals surface area (Å²) in [7, 11) is -2.64. The highest BCUT2D eigenvalue weighted by molar-refractivity contribution is 6.89. The molecule has 1 aliphatic rings. The Balaban J connectivity index is 2.95. The van der Waals surface area contributed by atoms with Crippen LogP contribution < -0.4 is 0 Å². The van der Waals surface area contributed by atoms with Gasteiger partial charge in [0.15, 0.2) is 0 Å². The predicted octanol–water partition coefficient (Wildman–Crippen LogP) is 6.34. The molecule has 0 nitrogen and oxygen atoms in total. The van der Waals surface area contributed by atoms with Crippen LogP contribution in [0.5, 0.6) is 0 Å². The molecule has 0 saturated heterocycles. The third-order valence-corrected chi connectivity index (χ3v) is 17.6. The first-order valence-corrected chi connectivity index (χ1v) is 13.6. The van der Waals surface area contributed by atoms with Gasteiger partial charge in [0.05, 0.1) is 16.1 Å². The lowest BCUT2D eigenvalue weighted by Crippen LogP contribution is -2.42. The maximum absolute atomic E-state index is 2.54. The van der Waals surface area contributed by atoms with E-state index < -0.39 is 16.1 Å². The maximum Gasteiger partial charge on any atom is 0.0811 e. The molecular formula is C17H34Si2. The predicted molar refractivity (Wildman–Crippen MR) is 95.2 cm³/mol. The van der Waals surface area contributed by atoms with Gasteiger partial charge in [-0.3, -0.25) is 0 Å². The first kappa shape index (κ1) is 17.0. The summed E-state index contributed by atoms with van der Waals surface area (Å²) in [4.78, 5) is 0. The molecule has 0 atom stereocenters. The Morgan fingerprint density at radius 1 is 0.684 bits per heavy atom. The summed E-state index contributed by atoms with van der Waals surface area (Å²) in [5, 5.41) is 4.44. The fourth-order valence-corrected chi connectivity index (χ4v) is 6.71. The summed E-state index contributed by atoms with van der Waals surface area (Å²) in [6, 6.07) is 0. The number of allylic oxidation sites excluding steroid dienone is 4. The molecule has 0 radical (unpaired) electrons. The normalized spacial score (nSPS) is 18.4. The molecule has 0 aromatic carbocycles. The van der Waals surface area contributed by atoms with Gasteiger partial charge in [-0.15, -0.1) is 0 Å². The molecule has 19 heavy (non-hydrogen) atoms. The van der Waals surface area contributed by atoms with Gasteiger partial charge in [-0.1, -0.05) is 90.3 Å². The van der Waals surface area contributed by atoms with Crippen LogP contribution in [-0.4, -0.2) is 16.1 Å². The zero-order chi connectivity index (χ0) is 15.3. The lowest BCUT2D eigenvalue weighted by molar-refractivity contribution is 0.718. The van der Waals surface area contributed by atoms with Crippen LogP contribution in [0.25, 0.3) is 0 Å². The van der Waals surface area contributed by atoms with Crippen molar-refractivity contribution in [3.8, 4) is 0 Å². The summed E-state index contributed by atoms with van der Waals surface area (Å²) in [6.07, 6.45) is 6.23. The Morgan fingerprint density at radius 2 is 0.947 bits per heavy atom. The summed E-state index contributed by atoms with van der Waals surface area (Å²) >= 11 is 0. The van der Waals surface area contributed by atoms with Crippen molar-refractivity contribution < 1.29 is 0 Å².